The minimum Gasteiger partial charge on any atom is -0.443 e. The van der Waals surface area contributed by atoms with Crippen LogP contribution in [0.15, 0.2) is 15.6 Å². The van der Waals surface area contributed by atoms with Gasteiger partial charge in [-0.15, -0.1) is 24.0 Å². The Morgan fingerprint density at radius 2 is 2.07 bits per heavy atom. The molecule has 2 heterocycles. The average Bonchev–Trinajstić information content (AvgIpc) is 3.01. The molecule has 1 aliphatic rings. The maximum Gasteiger partial charge on any atom is 0.222 e. The molecule has 0 aromatic carbocycles. The van der Waals surface area contributed by atoms with E-state index in [1.165, 1.54) is 0 Å². The topological polar surface area (TPSA) is 82.8 Å². The second-order valence-corrected chi connectivity index (χ2v) is 8.04. The second-order valence-electron chi connectivity index (χ2n) is 8.04. The molecule has 2 rings (SSSR count). The van der Waals surface area contributed by atoms with Crippen LogP contribution in [0, 0.1) is 0 Å². The molecule has 28 heavy (non-hydrogen) atoms. The number of oxazole rings is 1. The standard InChI is InChI=1S/C20H35N5O2.HI/c1-5-21-19(24-15-17-23-14-16(27-17)20(2,3)4)22-11-9-13-25-12-8-6-7-10-18(25)26;/h14H,5-13,15H2,1-4H3,(H2,21,22,24);1H. The Kier molecular flexibility index (Phi) is 10.8. The zero-order valence-electron chi connectivity index (χ0n) is 17.7. The Morgan fingerprint density at radius 1 is 1.29 bits per heavy atom. The molecule has 1 saturated heterocycles. The van der Waals surface area contributed by atoms with Gasteiger partial charge in [0.2, 0.25) is 11.8 Å². The van der Waals surface area contributed by atoms with Gasteiger partial charge in [-0.2, -0.15) is 0 Å². The molecule has 1 aromatic heterocycles. The number of guanidine groups is 1. The molecule has 1 amide bonds. The van der Waals surface area contributed by atoms with Crippen molar-refractivity contribution in [2.45, 2.75) is 71.8 Å². The van der Waals surface area contributed by atoms with E-state index in [-0.39, 0.29) is 29.4 Å². The van der Waals surface area contributed by atoms with Gasteiger partial charge < -0.3 is 20.0 Å². The van der Waals surface area contributed by atoms with Crippen LogP contribution in [0.4, 0.5) is 0 Å². The third-order valence-electron chi connectivity index (χ3n) is 4.58. The highest BCUT2D eigenvalue weighted by Crippen LogP contribution is 2.22. The summed E-state index contributed by atoms with van der Waals surface area (Å²) in [5.74, 6) is 2.53. The molecule has 0 saturated carbocycles. The monoisotopic (exact) mass is 505 g/mol. The number of nitrogens with zero attached hydrogens (tertiary/aromatic N) is 3. The molecular weight excluding hydrogens is 469 g/mol. The first-order chi connectivity index (χ1) is 12.9. The maximum absolute atomic E-state index is 12.0. The van der Waals surface area contributed by atoms with Crippen LogP contribution in [-0.4, -0.2) is 47.9 Å². The van der Waals surface area contributed by atoms with Crippen LogP contribution in [0.5, 0.6) is 0 Å². The Labute approximate surface area is 186 Å². The van der Waals surface area contributed by atoms with Gasteiger partial charge in [-0.3, -0.25) is 4.79 Å². The molecule has 8 heteroatoms. The predicted octanol–water partition coefficient (Wildman–Crippen LogP) is 3.44. The number of carbonyl (C=O) groups excluding carboxylic acids is 1. The van der Waals surface area contributed by atoms with Crippen molar-refractivity contribution in [2.24, 2.45) is 4.99 Å². The molecule has 1 aromatic rings. The van der Waals surface area contributed by atoms with Crippen molar-refractivity contribution >= 4 is 35.8 Å². The first-order valence-corrected chi connectivity index (χ1v) is 10.2. The number of hydrogen-bond donors (Lipinski definition) is 2. The highest BCUT2D eigenvalue weighted by molar-refractivity contribution is 14.0. The van der Waals surface area contributed by atoms with Crippen molar-refractivity contribution < 1.29 is 9.21 Å². The predicted molar refractivity (Wildman–Crippen MR) is 123 cm³/mol. The Hall–Kier alpha value is -1.32. The molecule has 2 N–H and O–H groups in total. The molecule has 0 spiro atoms. The van der Waals surface area contributed by atoms with E-state index in [1.54, 1.807) is 6.20 Å². The number of carbonyl (C=O) groups is 1. The summed E-state index contributed by atoms with van der Waals surface area (Å²) in [4.78, 5) is 22.9. The van der Waals surface area contributed by atoms with E-state index in [4.69, 9.17) is 4.42 Å². The minimum atomic E-state index is -0.0531. The first-order valence-electron chi connectivity index (χ1n) is 10.2. The van der Waals surface area contributed by atoms with Crippen LogP contribution in [0.25, 0.3) is 0 Å². The fourth-order valence-corrected chi connectivity index (χ4v) is 2.97. The Bertz CT molecular complexity index is 624. The fraction of sp³-hybridized carbons (Fsp3) is 0.750. The van der Waals surface area contributed by atoms with Gasteiger partial charge in [-0.05, 0) is 26.2 Å². The van der Waals surface area contributed by atoms with Gasteiger partial charge in [0.05, 0.1) is 6.20 Å². The zero-order chi connectivity index (χ0) is 19.7. The Balaban J connectivity index is 0.00000392. The highest BCUT2D eigenvalue weighted by atomic mass is 127. The Morgan fingerprint density at radius 3 is 2.75 bits per heavy atom. The summed E-state index contributed by atoms with van der Waals surface area (Å²) in [6, 6.07) is 0. The normalized spacial score (nSPS) is 15.8. The summed E-state index contributed by atoms with van der Waals surface area (Å²) in [5.41, 5.74) is -0.0531. The zero-order valence-corrected chi connectivity index (χ0v) is 20.0. The van der Waals surface area contributed by atoms with Gasteiger partial charge in [-0.1, -0.05) is 27.2 Å². The van der Waals surface area contributed by atoms with E-state index in [2.05, 4.69) is 41.4 Å². The van der Waals surface area contributed by atoms with Gasteiger partial charge in [0.15, 0.2) is 5.96 Å². The second kappa shape index (κ2) is 12.3. The van der Waals surface area contributed by atoms with Crippen LogP contribution in [-0.2, 0) is 16.8 Å². The van der Waals surface area contributed by atoms with Gasteiger partial charge in [0.1, 0.15) is 12.3 Å². The third-order valence-corrected chi connectivity index (χ3v) is 4.58. The molecular formula is C20H36IN5O2. The van der Waals surface area contributed by atoms with Gasteiger partial charge in [0, 0.05) is 38.0 Å². The summed E-state index contributed by atoms with van der Waals surface area (Å²) in [7, 11) is 0. The molecule has 1 fully saturated rings. The molecule has 0 radical (unpaired) electrons. The number of aliphatic imine (C=N–C) groups is 1. The average molecular weight is 505 g/mol. The number of nitrogens with one attached hydrogen (secondary N) is 2. The number of hydrogen-bond acceptors (Lipinski definition) is 4. The lowest BCUT2D eigenvalue weighted by Gasteiger charge is -2.20. The largest absolute Gasteiger partial charge is 0.443 e. The van der Waals surface area contributed by atoms with E-state index >= 15 is 0 Å². The lowest BCUT2D eigenvalue weighted by molar-refractivity contribution is -0.130. The number of aromatic nitrogens is 1. The smallest absolute Gasteiger partial charge is 0.222 e. The van der Waals surface area contributed by atoms with Crippen molar-refractivity contribution in [1.29, 1.82) is 0 Å². The molecule has 0 aliphatic carbocycles. The number of rotatable bonds is 7. The van der Waals surface area contributed by atoms with E-state index in [1.807, 2.05) is 11.8 Å². The molecule has 0 bridgehead atoms. The van der Waals surface area contributed by atoms with E-state index in [0.717, 1.165) is 63.6 Å². The van der Waals surface area contributed by atoms with Crippen molar-refractivity contribution in [3.63, 3.8) is 0 Å². The first kappa shape index (κ1) is 24.7. The molecule has 1 aliphatic heterocycles. The highest BCUT2D eigenvalue weighted by Gasteiger charge is 2.19. The summed E-state index contributed by atoms with van der Waals surface area (Å²) >= 11 is 0. The third kappa shape index (κ3) is 8.36. The molecule has 160 valence electrons. The van der Waals surface area contributed by atoms with E-state index < -0.39 is 0 Å². The maximum atomic E-state index is 12.0. The number of halogens is 1. The van der Waals surface area contributed by atoms with Crippen LogP contribution < -0.4 is 10.6 Å². The summed E-state index contributed by atoms with van der Waals surface area (Å²) in [5, 5.41) is 6.57. The van der Waals surface area contributed by atoms with Gasteiger partial charge in [0.25, 0.3) is 0 Å². The van der Waals surface area contributed by atoms with Crippen molar-refractivity contribution in [3.8, 4) is 0 Å². The SMILES string of the molecule is CCNC(=NCc1ncc(C(C)(C)C)o1)NCCCN1CCCCCC1=O.I. The van der Waals surface area contributed by atoms with E-state index in [9.17, 15) is 4.79 Å². The molecule has 0 unspecified atom stereocenters. The van der Waals surface area contributed by atoms with E-state index in [0.29, 0.717) is 24.8 Å². The van der Waals surface area contributed by atoms with Crippen molar-refractivity contribution in [2.75, 3.05) is 26.2 Å². The number of amides is 1. The van der Waals surface area contributed by atoms with Crippen molar-refractivity contribution in [1.82, 2.24) is 20.5 Å². The lowest BCUT2D eigenvalue weighted by Crippen LogP contribution is -2.39. The van der Waals surface area contributed by atoms with Crippen LogP contribution in [0.1, 0.15) is 71.5 Å². The quantitative estimate of drug-likeness (QED) is 0.257. The minimum absolute atomic E-state index is 0. The lowest BCUT2D eigenvalue weighted by atomic mass is 9.94. The van der Waals surface area contributed by atoms with Gasteiger partial charge >= 0.3 is 0 Å². The van der Waals surface area contributed by atoms with Crippen LogP contribution in [0.2, 0.25) is 0 Å². The van der Waals surface area contributed by atoms with Crippen LogP contribution in [0.3, 0.4) is 0 Å². The van der Waals surface area contributed by atoms with Crippen LogP contribution >= 0.6 is 24.0 Å². The summed E-state index contributed by atoms with van der Waals surface area (Å²) in [6.07, 6.45) is 6.70. The van der Waals surface area contributed by atoms with Crippen molar-refractivity contribution in [3.05, 3.63) is 17.8 Å². The number of likely N-dealkylation sites (tertiary alicyclic amines) is 1. The summed E-state index contributed by atoms with van der Waals surface area (Å²) < 4.78 is 5.79. The van der Waals surface area contributed by atoms with Gasteiger partial charge in [-0.25, -0.2) is 9.98 Å². The fourth-order valence-electron chi connectivity index (χ4n) is 2.97. The summed E-state index contributed by atoms with van der Waals surface area (Å²) in [6.45, 7) is 12.0. The molecule has 7 nitrogen and oxygen atoms in total. The molecule has 0 atom stereocenters.